The summed E-state index contributed by atoms with van der Waals surface area (Å²) in [5.41, 5.74) is 2.31. The third-order valence-electron chi connectivity index (χ3n) is 4.18. The number of rotatable bonds is 1. The summed E-state index contributed by atoms with van der Waals surface area (Å²) in [6.45, 7) is 7.28. The average molecular weight is 332 g/mol. The lowest BCUT2D eigenvalue weighted by Crippen LogP contribution is -2.25. The predicted molar refractivity (Wildman–Crippen MR) is 104 cm³/mol. The molecule has 0 radical (unpaired) electrons. The van der Waals surface area contributed by atoms with Gasteiger partial charge >= 0.3 is 0 Å². The van der Waals surface area contributed by atoms with Crippen molar-refractivity contribution in [1.82, 2.24) is 4.98 Å². The van der Waals surface area contributed by atoms with Gasteiger partial charge in [-0.2, -0.15) is 0 Å². The molecule has 3 aromatic rings. The first kappa shape index (κ1) is 17.2. The van der Waals surface area contributed by atoms with Gasteiger partial charge in [0.25, 0.3) is 0 Å². The molecule has 0 saturated carbocycles. The van der Waals surface area contributed by atoms with E-state index >= 15 is 0 Å². The minimum atomic E-state index is 0.177. The van der Waals surface area contributed by atoms with Crippen molar-refractivity contribution < 1.29 is 4.74 Å². The molecule has 1 atom stereocenters. The van der Waals surface area contributed by atoms with Crippen LogP contribution in [0, 0.1) is 5.41 Å². The standard InChI is InChI=1S/C13H17NO.C9H7N/c1-13(2,3)11-9-15-12(14-11)10-7-5-4-6-8-10;1-2-6-9-8(4-1)5-3-7-10-9/h4-8,11H,9H2,1-3H3;1-7H/t11-;/m1./s1. The lowest BCUT2D eigenvalue weighted by molar-refractivity contribution is 0.236. The second-order valence-corrected chi connectivity index (χ2v) is 7.19. The number of aromatic nitrogens is 1. The maximum Gasteiger partial charge on any atom is 0.216 e. The van der Waals surface area contributed by atoms with Crippen LogP contribution in [0.25, 0.3) is 10.9 Å². The zero-order valence-corrected chi connectivity index (χ0v) is 15.0. The molecule has 128 valence electrons. The average Bonchev–Trinajstić information content (AvgIpc) is 3.14. The molecule has 25 heavy (non-hydrogen) atoms. The van der Waals surface area contributed by atoms with Crippen molar-refractivity contribution in [2.24, 2.45) is 10.4 Å². The quantitative estimate of drug-likeness (QED) is 0.620. The lowest BCUT2D eigenvalue weighted by atomic mass is 9.88. The Bertz CT molecular complexity index is 785. The van der Waals surface area contributed by atoms with Crippen LogP contribution in [0.2, 0.25) is 0 Å². The van der Waals surface area contributed by atoms with E-state index in [4.69, 9.17) is 4.74 Å². The highest BCUT2D eigenvalue weighted by molar-refractivity contribution is 5.95. The fraction of sp³-hybridized carbons (Fsp3) is 0.273. The number of ether oxygens (including phenoxy) is 1. The van der Waals surface area contributed by atoms with Gasteiger partial charge < -0.3 is 4.74 Å². The van der Waals surface area contributed by atoms with Gasteiger partial charge in [0.2, 0.25) is 5.90 Å². The van der Waals surface area contributed by atoms with Crippen LogP contribution in [0.4, 0.5) is 0 Å². The molecule has 1 aromatic heterocycles. The number of pyridine rings is 1. The van der Waals surface area contributed by atoms with Crippen molar-refractivity contribution in [2.45, 2.75) is 26.8 Å². The zero-order valence-electron chi connectivity index (χ0n) is 15.0. The second kappa shape index (κ2) is 7.47. The van der Waals surface area contributed by atoms with Gasteiger partial charge in [0.1, 0.15) is 6.61 Å². The van der Waals surface area contributed by atoms with Crippen LogP contribution in [0.15, 0.2) is 77.9 Å². The number of para-hydroxylation sites is 1. The minimum absolute atomic E-state index is 0.177. The van der Waals surface area contributed by atoms with Crippen LogP contribution in [0.3, 0.4) is 0 Å². The summed E-state index contributed by atoms with van der Waals surface area (Å²) in [5.74, 6) is 0.788. The maximum atomic E-state index is 5.63. The number of nitrogens with zero attached hydrogens (tertiary/aromatic N) is 2. The Labute approximate surface area is 149 Å². The minimum Gasteiger partial charge on any atom is -0.475 e. The zero-order chi connectivity index (χ0) is 17.7. The molecule has 0 fully saturated rings. The highest BCUT2D eigenvalue weighted by atomic mass is 16.5. The molecule has 4 rings (SSSR count). The van der Waals surface area contributed by atoms with Crippen molar-refractivity contribution in [3.63, 3.8) is 0 Å². The maximum absolute atomic E-state index is 5.63. The van der Waals surface area contributed by atoms with Crippen molar-refractivity contribution in [3.8, 4) is 0 Å². The molecule has 3 heteroatoms. The van der Waals surface area contributed by atoms with E-state index in [1.54, 1.807) is 0 Å². The van der Waals surface area contributed by atoms with Gasteiger partial charge in [0.15, 0.2) is 0 Å². The van der Waals surface area contributed by atoms with E-state index < -0.39 is 0 Å². The summed E-state index contributed by atoms with van der Waals surface area (Å²) in [4.78, 5) is 8.81. The highest BCUT2D eigenvalue weighted by Crippen LogP contribution is 2.27. The van der Waals surface area contributed by atoms with Gasteiger partial charge in [-0.05, 0) is 29.7 Å². The predicted octanol–water partition coefficient (Wildman–Crippen LogP) is 5.11. The van der Waals surface area contributed by atoms with Gasteiger partial charge in [-0.15, -0.1) is 0 Å². The molecular formula is C22H24N2O. The molecule has 0 spiro atoms. The largest absolute Gasteiger partial charge is 0.475 e. The number of fused-ring (bicyclic) bond motifs is 1. The molecule has 3 nitrogen and oxygen atoms in total. The van der Waals surface area contributed by atoms with Crippen LogP contribution >= 0.6 is 0 Å². The molecule has 1 aliphatic heterocycles. The normalized spacial score (nSPS) is 16.6. The molecule has 2 aromatic carbocycles. The van der Waals surface area contributed by atoms with Crippen LogP contribution in [-0.2, 0) is 4.74 Å². The van der Waals surface area contributed by atoms with Crippen molar-refractivity contribution in [3.05, 3.63) is 78.5 Å². The number of hydrogen-bond acceptors (Lipinski definition) is 3. The fourth-order valence-corrected chi connectivity index (χ4v) is 2.57. The molecule has 0 N–H and O–H groups in total. The Morgan fingerprint density at radius 2 is 1.56 bits per heavy atom. The smallest absolute Gasteiger partial charge is 0.216 e. The molecule has 2 heterocycles. The Balaban J connectivity index is 0.000000157. The van der Waals surface area contributed by atoms with E-state index in [9.17, 15) is 0 Å². The van der Waals surface area contributed by atoms with Gasteiger partial charge in [-0.25, -0.2) is 4.99 Å². The third kappa shape index (κ3) is 4.44. The van der Waals surface area contributed by atoms with Gasteiger partial charge in [-0.1, -0.05) is 63.2 Å². The fourth-order valence-electron chi connectivity index (χ4n) is 2.57. The van der Waals surface area contributed by atoms with Crippen LogP contribution < -0.4 is 0 Å². The molecule has 0 bridgehead atoms. The molecule has 0 unspecified atom stereocenters. The first-order chi connectivity index (χ1) is 12.0. The first-order valence-corrected chi connectivity index (χ1v) is 8.60. The van der Waals surface area contributed by atoms with Crippen LogP contribution in [0.5, 0.6) is 0 Å². The number of hydrogen-bond donors (Lipinski definition) is 0. The third-order valence-corrected chi connectivity index (χ3v) is 4.18. The number of aliphatic imine (C=N–C) groups is 1. The monoisotopic (exact) mass is 332 g/mol. The van der Waals surface area contributed by atoms with E-state index in [2.05, 4.69) is 42.9 Å². The van der Waals surface area contributed by atoms with E-state index in [0.29, 0.717) is 6.61 Å². The Hall–Kier alpha value is -2.68. The summed E-state index contributed by atoms with van der Waals surface area (Å²) >= 11 is 0. The van der Waals surface area contributed by atoms with Crippen LogP contribution in [-0.4, -0.2) is 23.5 Å². The molecule has 0 aliphatic carbocycles. The molecule has 1 aliphatic rings. The molecule has 0 amide bonds. The Morgan fingerprint density at radius 1 is 0.880 bits per heavy atom. The summed E-state index contributed by atoms with van der Waals surface area (Å²) in [6.07, 6.45) is 1.81. The summed E-state index contributed by atoms with van der Waals surface area (Å²) < 4.78 is 5.63. The lowest BCUT2D eigenvalue weighted by Gasteiger charge is -2.21. The Morgan fingerprint density at radius 3 is 2.24 bits per heavy atom. The summed E-state index contributed by atoms with van der Waals surface area (Å²) in [7, 11) is 0. The van der Waals surface area contributed by atoms with Crippen molar-refractivity contribution in [1.29, 1.82) is 0 Å². The SMILES string of the molecule is CC(C)(C)[C@H]1COC(c2ccccc2)=N1.c1ccc2ncccc2c1. The van der Waals surface area contributed by atoms with Crippen molar-refractivity contribution in [2.75, 3.05) is 6.61 Å². The summed E-state index contributed by atoms with van der Waals surface area (Å²) in [6, 6.07) is 22.4. The Kier molecular flexibility index (Phi) is 5.13. The van der Waals surface area contributed by atoms with E-state index in [-0.39, 0.29) is 11.5 Å². The van der Waals surface area contributed by atoms with Crippen molar-refractivity contribution >= 4 is 16.8 Å². The second-order valence-electron chi connectivity index (χ2n) is 7.19. The van der Waals surface area contributed by atoms with Gasteiger partial charge in [0.05, 0.1) is 11.6 Å². The van der Waals surface area contributed by atoms with Crippen LogP contribution in [0.1, 0.15) is 26.3 Å². The molecule has 0 saturated heterocycles. The topological polar surface area (TPSA) is 34.5 Å². The molecular weight excluding hydrogens is 308 g/mol. The number of benzene rings is 2. The highest BCUT2D eigenvalue weighted by Gasteiger charge is 2.30. The van der Waals surface area contributed by atoms with Gasteiger partial charge in [0, 0.05) is 17.1 Å². The summed E-state index contributed by atoms with van der Waals surface area (Å²) in [5, 5.41) is 1.20. The van der Waals surface area contributed by atoms with Gasteiger partial charge in [-0.3, -0.25) is 4.98 Å². The first-order valence-electron chi connectivity index (χ1n) is 8.60. The van der Waals surface area contributed by atoms with E-state index in [1.165, 1.54) is 5.39 Å². The van der Waals surface area contributed by atoms with E-state index in [1.807, 2.05) is 60.8 Å². The van der Waals surface area contributed by atoms with E-state index in [0.717, 1.165) is 17.0 Å².